The van der Waals surface area contributed by atoms with Gasteiger partial charge in [0.25, 0.3) is 0 Å². The van der Waals surface area contributed by atoms with Gasteiger partial charge in [-0.3, -0.25) is 9.59 Å². The van der Waals surface area contributed by atoms with Gasteiger partial charge in [-0.1, -0.05) is 6.42 Å². The van der Waals surface area contributed by atoms with Crippen molar-refractivity contribution in [2.75, 3.05) is 6.61 Å². The molecule has 82 valence electrons. The number of nitrogens with zero attached hydrogens (tertiary/aromatic N) is 1. The Balaban J connectivity index is 2.90. The van der Waals surface area contributed by atoms with E-state index in [1.807, 2.05) is 6.07 Å². The largest absolute Gasteiger partial charge is 0.465 e. The SMILES string of the molecule is CCOC(=O)[C@@]1(CC#N)CCCCC1=O. The molecule has 1 aliphatic rings. The summed E-state index contributed by atoms with van der Waals surface area (Å²) in [7, 11) is 0. The summed E-state index contributed by atoms with van der Waals surface area (Å²) in [6.07, 6.45) is 2.42. The predicted octanol–water partition coefficient (Wildman–Crippen LogP) is 1.59. The minimum absolute atomic E-state index is 0.0509. The summed E-state index contributed by atoms with van der Waals surface area (Å²) in [5.74, 6) is -0.648. The normalized spacial score (nSPS) is 25.7. The van der Waals surface area contributed by atoms with Crippen LogP contribution in [0.1, 0.15) is 39.0 Å². The van der Waals surface area contributed by atoms with Gasteiger partial charge in [0.15, 0.2) is 5.78 Å². The minimum Gasteiger partial charge on any atom is -0.465 e. The van der Waals surface area contributed by atoms with Crippen LogP contribution in [0.4, 0.5) is 0 Å². The van der Waals surface area contributed by atoms with Crippen molar-refractivity contribution in [3.05, 3.63) is 0 Å². The lowest BCUT2D eigenvalue weighted by atomic mass is 9.71. The zero-order valence-electron chi connectivity index (χ0n) is 8.91. The van der Waals surface area contributed by atoms with E-state index in [4.69, 9.17) is 10.00 Å². The lowest BCUT2D eigenvalue weighted by Crippen LogP contribution is -2.42. The highest BCUT2D eigenvalue weighted by Gasteiger charge is 2.47. The molecule has 0 aromatic heterocycles. The first-order valence-corrected chi connectivity index (χ1v) is 5.25. The number of carbonyl (C=O) groups excluding carboxylic acids is 2. The highest BCUT2D eigenvalue weighted by Crippen LogP contribution is 2.37. The van der Waals surface area contributed by atoms with Crippen LogP contribution in [0, 0.1) is 16.7 Å². The molecule has 0 N–H and O–H groups in total. The molecule has 4 nitrogen and oxygen atoms in total. The van der Waals surface area contributed by atoms with Gasteiger partial charge < -0.3 is 4.74 Å². The maximum Gasteiger partial charge on any atom is 0.320 e. The summed E-state index contributed by atoms with van der Waals surface area (Å²) in [5, 5.41) is 8.71. The van der Waals surface area contributed by atoms with Crippen molar-refractivity contribution in [3.8, 4) is 6.07 Å². The van der Waals surface area contributed by atoms with Crippen LogP contribution < -0.4 is 0 Å². The summed E-state index contributed by atoms with van der Waals surface area (Å²) in [4.78, 5) is 23.5. The molecule has 0 spiro atoms. The van der Waals surface area contributed by atoms with Crippen molar-refractivity contribution in [1.82, 2.24) is 0 Å². The van der Waals surface area contributed by atoms with Gasteiger partial charge in [-0.2, -0.15) is 5.26 Å². The van der Waals surface area contributed by atoms with E-state index in [1.54, 1.807) is 6.92 Å². The van der Waals surface area contributed by atoms with Gasteiger partial charge in [0.05, 0.1) is 19.1 Å². The fourth-order valence-corrected chi connectivity index (χ4v) is 1.97. The Hall–Kier alpha value is -1.37. The van der Waals surface area contributed by atoms with Crippen molar-refractivity contribution in [3.63, 3.8) is 0 Å². The first-order chi connectivity index (χ1) is 7.17. The molecule has 0 aromatic carbocycles. The number of ether oxygens (including phenoxy) is 1. The van der Waals surface area contributed by atoms with Crippen molar-refractivity contribution in [2.45, 2.75) is 39.0 Å². The van der Waals surface area contributed by atoms with E-state index in [9.17, 15) is 9.59 Å². The molecular weight excluding hydrogens is 194 g/mol. The molecule has 1 saturated carbocycles. The highest BCUT2D eigenvalue weighted by atomic mass is 16.5. The maximum atomic E-state index is 11.8. The van der Waals surface area contributed by atoms with Crippen LogP contribution in [0.5, 0.6) is 0 Å². The number of rotatable bonds is 3. The Morgan fingerprint density at radius 1 is 1.60 bits per heavy atom. The number of Topliss-reactive ketones (excluding diaryl/α,β-unsaturated/α-hetero) is 1. The molecule has 15 heavy (non-hydrogen) atoms. The third kappa shape index (κ3) is 2.17. The third-order valence-corrected chi connectivity index (χ3v) is 2.84. The van der Waals surface area contributed by atoms with Crippen LogP contribution >= 0.6 is 0 Å². The zero-order valence-corrected chi connectivity index (χ0v) is 8.91. The van der Waals surface area contributed by atoms with Crippen molar-refractivity contribution in [2.24, 2.45) is 5.41 Å². The topological polar surface area (TPSA) is 67.2 Å². The summed E-state index contributed by atoms with van der Waals surface area (Å²) in [6.45, 7) is 1.95. The van der Waals surface area contributed by atoms with Crippen LogP contribution in [0.2, 0.25) is 0 Å². The molecule has 1 aliphatic carbocycles. The van der Waals surface area contributed by atoms with Gasteiger partial charge in [-0.05, 0) is 19.8 Å². The smallest absolute Gasteiger partial charge is 0.320 e. The Morgan fingerprint density at radius 3 is 2.87 bits per heavy atom. The van der Waals surface area contributed by atoms with Gasteiger partial charge in [0.2, 0.25) is 0 Å². The fraction of sp³-hybridized carbons (Fsp3) is 0.727. The average Bonchev–Trinajstić information content (AvgIpc) is 2.22. The Morgan fingerprint density at radius 2 is 2.33 bits per heavy atom. The number of carbonyl (C=O) groups is 2. The lowest BCUT2D eigenvalue weighted by molar-refractivity contribution is -0.161. The summed E-state index contributed by atoms with van der Waals surface area (Å²) in [6, 6.07) is 1.93. The van der Waals surface area contributed by atoms with Crippen LogP contribution in [0.3, 0.4) is 0 Å². The summed E-state index contributed by atoms with van der Waals surface area (Å²) in [5.41, 5.74) is -1.16. The molecule has 4 heteroatoms. The van der Waals surface area contributed by atoms with Gasteiger partial charge in [0.1, 0.15) is 5.41 Å². The first-order valence-electron chi connectivity index (χ1n) is 5.25. The second-order valence-corrected chi connectivity index (χ2v) is 3.77. The number of nitriles is 1. The fourth-order valence-electron chi connectivity index (χ4n) is 1.97. The Kier molecular flexibility index (Phi) is 3.84. The molecule has 1 fully saturated rings. The van der Waals surface area contributed by atoms with E-state index in [0.29, 0.717) is 12.8 Å². The van der Waals surface area contributed by atoms with Crippen LogP contribution in [-0.4, -0.2) is 18.4 Å². The molecule has 0 saturated heterocycles. The molecule has 0 bridgehead atoms. The van der Waals surface area contributed by atoms with E-state index >= 15 is 0 Å². The molecular formula is C11H15NO3. The van der Waals surface area contributed by atoms with Crippen molar-refractivity contribution in [1.29, 1.82) is 5.26 Å². The van der Waals surface area contributed by atoms with Crippen LogP contribution in [0.25, 0.3) is 0 Å². The lowest BCUT2D eigenvalue weighted by Gasteiger charge is -2.30. The third-order valence-electron chi connectivity index (χ3n) is 2.84. The quantitative estimate of drug-likeness (QED) is 0.523. The van der Waals surface area contributed by atoms with E-state index in [-0.39, 0.29) is 18.8 Å². The van der Waals surface area contributed by atoms with E-state index in [2.05, 4.69) is 0 Å². The number of hydrogen-bond donors (Lipinski definition) is 0. The second kappa shape index (κ2) is 4.92. The summed E-state index contributed by atoms with van der Waals surface area (Å²) < 4.78 is 4.90. The highest BCUT2D eigenvalue weighted by molar-refractivity contribution is 6.04. The molecule has 0 aliphatic heterocycles. The number of hydrogen-bond acceptors (Lipinski definition) is 4. The molecule has 0 amide bonds. The standard InChI is InChI=1S/C11H15NO3/c1-2-15-10(14)11(7-8-12)6-4-3-5-9(11)13/h2-7H2,1H3/t11-/m1/s1. The number of esters is 1. The van der Waals surface area contributed by atoms with Gasteiger partial charge in [-0.25, -0.2) is 0 Å². The van der Waals surface area contributed by atoms with E-state index in [1.165, 1.54) is 0 Å². The van der Waals surface area contributed by atoms with Crippen molar-refractivity contribution < 1.29 is 14.3 Å². The monoisotopic (exact) mass is 209 g/mol. The summed E-state index contributed by atoms with van der Waals surface area (Å²) >= 11 is 0. The van der Waals surface area contributed by atoms with Gasteiger partial charge >= 0.3 is 5.97 Å². The Bertz CT molecular complexity index is 305. The van der Waals surface area contributed by atoms with Crippen LogP contribution in [-0.2, 0) is 14.3 Å². The average molecular weight is 209 g/mol. The molecule has 1 rings (SSSR count). The first kappa shape index (κ1) is 11.7. The second-order valence-electron chi connectivity index (χ2n) is 3.77. The van der Waals surface area contributed by atoms with E-state index < -0.39 is 11.4 Å². The van der Waals surface area contributed by atoms with Crippen LogP contribution in [0.15, 0.2) is 0 Å². The van der Waals surface area contributed by atoms with E-state index in [0.717, 1.165) is 12.8 Å². The predicted molar refractivity (Wildman–Crippen MR) is 52.8 cm³/mol. The molecule has 0 radical (unpaired) electrons. The Labute approximate surface area is 89.2 Å². The maximum absolute atomic E-state index is 11.8. The molecule has 0 unspecified atom stereocenters. The number of ketones is 1. The van der Waals surface area contributed by atoms with Crippen molar-refractivity contribution >= 4 is 11.8 Å². The van der Waals surface area contributed by atoms with Gasteiger partial charge in [0, 0.05) is 6.42 Å². The minimum atomic E-state index is -1.16. The zero-order chi connectivity index (χ0) is 11.3. The molecule has 0 aromatic rings. The van der Waals surface area contributed by atoms with Gasteiger partial charge in [-0.15, -0.1) is 0 Å². The molecule has 0 heterocycles. The molecule has 1 atom stereocenters.